The summed E-state index contributed by atoms with van der Waals surface area (Å²) in [5.41, 5.74) is 4.16. The van der Waals surface area contributed by atoms with Crippen molar-refractivity contribution in [1.82, 2.24) is 4.98 Å². The number of aromatic nitrogens is 1. The van der Waals surface area contributed by atoms with E-state index in [1.165, 1.54) is 22.9 Å². The minimum absolute atomic E-state index is 0.142. The van der Waals surface area contributed by atoms with Gasteiger partial charge in [-0.1, -0.05) is 61.2 Å². The second-order valence-corrected chi connectivity index (χ2v) is 6.54. The molecule has 0 aliphatic heterocycles. The van der Waals surface area contributed by atoms with Gasteiger partial charge in [-0.05, 0) is 36.6 Å². The molecule has 116 valence electrons. The maximum absolute atomic E-state index is 12.3. The van der Waals surface area contributed by atoms with E-state index in [9.17, 15) is 4.79 Å². The van der Waals surface area contributed by atoms with E-state index in [0.29, 0.717) is 5.75 Å². The highest BCUT2D eigenvalue weighted by Gasteiger charge is 2.11. The quantitative estimate of drug-likeness (QED) is 0.485. The zero-order valence-corrected chi connectivity index (χ0v) is 14.2. The van der Waals surface area contributed by atoms with Gasteiger partial charge in [-0.2, -0.15) is 0 Å². The number of rotatable bonds is 5. The van der Waals surface area contributed by atoms with Crippen LogP contribution in [-0.2, 0) is 6.42 Å². The number of nitrogens with zero attached hydrogens (tertiary/aromatic N) is 1. The van der Waals surface area contributed by atoms with E-state index in [-0.39, 0.29) is 5.78 Å². The molecule has 3 aromatic rings. The molecular formula is C20H19NOS. The molecule has 1 aromatic heterocycles. The predicted molar refractivity (Wildman–Crippen MR) is 97.4 cm³/mol. The number of thioether (sulfide) groups is 1. The molecule has 3 heteroatoms. The van der Waals surface area contributed by atoms with Crippen molar-refractivity contribution < 1.29 is 4.79 Å². The van der Waals surface area contributed by atoms with Crippen molar-refractivity contribution in [3.63, 3.8) is 0 Å². The van der Waals surface area contributed by atoms with Crippen molar-refractivity contribution in [1.29, 1.82) is 0 Å². The van der Waals surface area contributed by atoms with Crippen LogP contribution >= 0.6 is 11.8 Å². The molecule has 3 rings (SSSR count). The zero-order valence-electron chi connectivity index (χ0n) is 13.4. The standard InChI is InChI=1S/C20H19NOS/c1-3-15-12-17-10-9-14(2)11-18(17)21-20(15)23-13-19(22)16-7-5-4-6-8-16/h4-12H,3,13H2,1-2H3. The molecule has 0 aliphatic rings. The molecule has 0 spiro atoms. The van der Waals surface area contributed by atoms with Crippen molar-refractivity contribution in [3.05, 3.63) is 71.3 Å². The first-order chi connectivity index (χ1) is 11.2. The molecule has 0 unspecified atom stereocenters. The van der Waals surface area contributed by atoms with Crippen molar-refractivity contribution in [2.24, 2.45) is 0 Å². The molecule has 23 heavy (non-hydrogen) atoms. The highest BCUT2D eigenvalue weighted by molar-refractivity contribution is 8.00. The molecule has 0 fully saturated rings. The Hall–Kier alpha value is -2.13. The Bertz CT molecular complexity index is 843. The van der Waals surface area contributed by atoms with Crippen LogP contribution in [0.2, 0.25) is 0 Å². The first-order valence-electron chi connectivity index (χ1n) is 7.78. The summed E-state index contributed by atoms with van der Waals surface area (Å²) in [5.74, 6) is 0.560. The first kappa shape index (κ1) is 15.8. The number of ketones is 1. The number of carbonyl (C=O) groups excluding carboxylic acids is 1. The number of benzene rings is 2. The Morgan fingerprint density at radius 1 is 1.09 bits per heavy atom. The van der Waals surface area contributed by atoms with Crippen molar-refractivity contribution >= 4 is 28.4 Å². The third-order valence-electron chi connectivity index (χ3n) is 3.83. The fourth-order valence-corrected chi connectivity index (χ4v) is 3.51. The smallest absolute Gasteiger partial charge is 0.173 e. The SMILES string of the molecule is CCc1cc2ccc(C)cc2nc1SCC(=O)c1ccccc1. The van der Waals surface area contributed by atoms with E-state index < -0.39 is 0 Å². The third-order valence-corrected chi connectivity index (χ3v) is 4.86. The van der Waals surface area contributed by atoms with Crippen molar-refractivity contribution in [3.8, 4) is 0 Å². The molecule has 0 bridgehead atoms. The van der Waals surface area contributed by atoms with Crippen LogP contribution in [0.25, 0.3) is 10.9 Å². The van der Waals surface area contributed by atoms with Gasteiger partial charge in [0.05, 0.1) is 11.3 Å². The number of pyridine rings is 1. The topological polar surface area (TPSA) is 30.0 Å². The van der Waals surface area contributed by atoms with Crippen LogP contribution in [0.3, 0.4) is 0 Å². The van der Waals surface area contributed by atoms with Gasteiger partial charge in [-0.25, -0.2) is 4.98 Å². The first-order valence-corrected chi connectivity index (χ1v) is 8.77. The largest absolute Gasteiger partial charge is 0.293 e. The second kappa shape index (κ2) is 6.97. The van der Waals surface area contributed by atoms with E-state index in [0.717, 1.165) is 27.9 Å². The van der Waals surface area contributed by atoms with Crippen LogP contribution < -0.4 is 0 Å². The van der Waals surface area contributed by atoms with Gasteiger partial charge in [0.25, 0.3) is 0 Å². The van der Waals surface area contributed by atoms with Crippen LogP contribution in [0.5, 0.6) is 0 Å². The number of hydrogen-bond acceptors (Lipinski definition) is 3. The lowest BCUT2D eigenvalue weighted by atomic mass is 10.1. The molecule has 0 amide bonds. The van der Waals surface area contributed by atoms with Gasteiger partial charge >= 0.3 is 0 Å². The third kappa shape index (κ3) is 3.62. The van der Waals surface area contributed by atoms with E-state index in [1.54, 1.807) is 0 Å². The lowest BCUT2D eigenvalue weighted by Crippen LogP contribution is -2.03. The summed E-state index contributed by atoms with van der Waals surface area (Å²) in [6.45, 7) is 4.20. The van der Waals surface area contributed by atoms with Gasteiger partial charge < -0.3 is 0 Å². The lowest BCUT2D eigenvalue weighted by molar-refractivity contribution is 0.102. The minimum atomic E-state index is 0.142. The Labute approximate surface area is 140 Å². The number of carbonyl (C=O) groups is 1. The average molecular weight is 321 g/mol. The molecule has 0 radical (unpaired) electrons. The molecule has 2 nitrogen and oxygen atoms in total. The van der Waals surface area contributed by atoms with Crippen molar-refractivity contribution in [2.75, 3.05) is 5.75 Å². The number of fused-ring (bicyclic) bond motifs is 1. The summed E-state index contributed by atoms with van der Waals surface area (Å²) in [7, 11) is 0. The summed E-state index contributed by atoms with van der Waals surface area (Å²) in [6.07, 6.45) is 0.915. The number of aryl methyl sites for hydroxylation is 2. The monoisotopic (exact) mass is 321 g/mol. The number of hydrogen-bond donors (Lipinski definition) is 0. The van der Waals surface area contributed by atoms with Crippen LogP contribution in [-0.4, -0.2) is 16.5 Å². The molecule has 1 heterocycles. The summed E-state index contributed by atoms with van der Waals surface area (Å²) < 4.78 is 0. The highest BCUT2D eigenvalue weighted by Crippen LogP contribution is 2.26. The van der Waals surface area contributed by atoms with Crippen molar-refractivity contribution in [2.45, 2.75) is 25.3 Å². The fourth-order valence-electron chi connectivity index (χ4n) is 2.52. The van der Waals surface area contributed by atoms with Gasteiger partial charge in [-0.15, -0.1) is 0 Å². The Kier molecular flexibility index (Phi) is 4.77. The normalized spacial score (nSPS) is 10.9. The minimum Gasteiger partial charge on any atom is -0.293 e. The van der Waals surface area contributed by atoms with Gasteiger partial charge in [-0.3, -0.25) is 4.79 Å². The van der Waals surface area contributed by atoms with Crippen LogP contribution in [0.15, 0.2) is 59.6 Å². The lowest BCUT2D eigenvalue weighted by Gasteiger charge is -2.09. The van der Waals surface area contributed by atoms with Gasteiger partial charge in [0.2, 0.25) is 0 Å². The highest BCUT2D eigenvalue weighted by atomic mass is 32.2. The maximum atomic E-state index is 12.3. The van der Waals surface area contributed by atoms with E-state index >= 15 is 0 Å². The summed E-state index contributed by atoms with van der Waals surface area (Å²) in [5, 5.41) is 2.13. The second-order valence-electron chi connectivity index (χ2n) is 5.58. The molecule has 0 saturated carbocycles. The molecule has 0 N–H and O–H groups in total. The van der Waals surface area contributed by atoms with Crippen LogP contribution in [0.4, 0.5) is 0 Å². The van der Waals surface area contributed by atoms with Crippen LogP contribution in [0, 0.1) is 6.92 Å². The van der Waals surface area contributed by atoms with Gasteiger partial charge in [0.1, 0.15) is 5.03 Å². The van der Waals surface area contributed by atoms with Crippen LogP contribution in [0.1, 0.15) is 28.4 Å². The molecule has 2 aromatic carbocycles. The summed E-state index contributed by atoms with van der Waals surface area (Å²) in [6, 6.07) is 17.9. The van der Waals surface area contributed by atoms with E-state index in [2.05, 4.69) is 38.1 Å². The summed E-state index contributed by atoms with van der Waals surface area (Å²) >= 11 is 1.53. The molecule has 0 saturated heterocycles. The van der Waals surface area contributed by atoms with Gasteiger partial charge in [0, 0.05) is 10.9 Å². The Morgan fingerprint density at radius 2 is 1.87 bits per heavy atom. The predicted octanol–water partition coefficient (Wildman–Crippen LogP) is 5.08. The molecule has 0 aliphatic carbocycles. The average Bonchev–Trinajstić information content (AvgIpc) is 2.59. The maximum Gasteiger partial charge on any atom is 0.173 e. The van der Waals surface area contributed by atoms with E-state index in [4.69, 9.17) is 4.98 Å². The number of Topliss-reactive ketones (excluding diaryl/α,β-unsaturated/α-hetero) is 1. The fraction of sp³-hybridized carbons (Fsp3) is 0.200. The summed E-state index contributed by atoms with van der Waals surface area (Å²) in [4.78, 5) is 17.1. The molecular weight excluding hydrogens is 302 g/mol. The Balaban J connectivity index is 1.85. The van der Waals surface area contributed by atoms with E-state index in [1.807, 2.05) is 30.3 Å². The molecule has 0 atom stereocenters. The Morgan fingerprint density at radius 3 is 2.61 bits per heavy atom. The van der Waals surface area contributed by atoms with Gasteiger partial charge in [0.15, 0.2) is 5.78 Å². The zero-order chi connectivity index (χ0) is 16.2.